The first-order valence-corrected chi connectivity index (χ1v) is 5.77. The Labute approximate surface area is 93.2 Å². The Morgan fingerprint density at radius 3 is 2.40 bits per heavy atom. The molecule has 0 spiro atoms. The lowest BCUT2D eigenvalue weighted by Crippen LogP contribution is -2.50. The number of nitrogens with two attached hydrogens (primary N) is 1. The largest absolute Gasteiger partial charge is 0.377 e. The van der Waals surface area contributed by atoms with E-state index < -0.39 is 0 Å². The van der Waals surface area contributed by atoms with Crippen LogP contribution < -0.4 is 5.84 Å². The third kappa shape index (κ3) is 3.50. The molecule has 0 amide bonds. The first-order valence-electron chi connectivity index (χ1n) is 5.77. The predicted molar refractivity (Wildman–Crippen MR) is 63.1 cm³/mol. The fraction of sp³-hybridized carbons (Fsp3) is 0.833. The van der Waals surface area contributed by atoms with Gasteiger partial charge in [0.2, 0.25) is 0 Å². The van der Waals surface area contributed by atoms with Crippen LogP contribution in [0.25, 0.3) is 0 Å². The van der Waals surface area contributed by atoms with Gasteiger partial charge in [0.1, 0.15) is 0 Å². The molecule has 0 bridgehead atoms. The first-order chi connectivity index (χ1) is 6.95. The number of hydrogen-bond acceptors (Lipinski definition) is 3. The van der Waals surface area contributed by atoms with Crippen molar-refractivity contribution in [3.8, 4) is 0 Å². The highest BCUT2D eigenvalue weighted by Gasteiger charge is 2.24. The van der Waals surface area contributed by atoms with Crippen LogP contribution in [0.1, 0.15) is 40.5 Å². The van der Waals surface area contributed by atoms with Crippen molar-refractivity contribution in [2.45, 2.75) is 46.6 Å². The second kappa shape index (κ2) is 4.99. The molecule has 88 valence electrons. The molecule has 0 unspecified atom stereocenters. The van der Waals surface area contributed by atoms with Crippen molar-refractivity contribution in [2.24, 2.45) is 11.3 Å². The van der Waals surface area contributed by atoms with Crippen LogP contribution in [0.5, 0.6) is 0 Å². The zero-order valence-corrected chi connectivity index (χ0v) is 10.4. The van der Waals surface area contributed by atoms with Crippen LogP contribution in [0.3, 0.4) is 0 Å². The van der Waals surface area contributed by atoms with Crippen LogP contribution >= 0.6 is 0 Å². The van der Waals surface area contributed by atoms with Crippen molar-refractivity contribution in [1.82, 2.24) is 5.01 Å². The van der Waals surface area contributed by atoms with Gasteiger partial charge in [-0.1, -0.05) is 34.1 Å². The minimum Gasteiger partial charge on any atom is -0.377 e. The average molecular weight is 212 g/mol. The summed E-state index contributed by atoms with van der Waals surface area (Å²) in [5.41, 5.74) is 1.62. The molecule has 1 saturated heterocycles. The summed E-state index contributed by atoms with van der Waals surface area (Å²) in [5, 5.41) is 1.82. The molecule has 0 aromatic heterocycles. The van der Waals surface area contributed by atoms with E-state index in [9.17, 15) is 0 Å². The Bertz CT molecular complexity index is 226. The highest BCUT2D eigenvalue weighted by atomic mass is 16.5. The Morgan fingerprint density at radius 1 is 1.47 bits per heavy atom. The number of ether oxygens (including phenoxy) is 1. The molecule has 3 nitrogen and oxygen atoms in total. The lowest BCUT2D eigenvalue weighted by molar-refractivity contribution is -0.0496. The van der Waals surface area contributed by atoms with Crippen LogP contribution in [0.2, 0.25) is 0 Å². The maximum absolute atomic E-state index is 5.98. The highest BCUT2D eigenvalue weighted by molar-refractivity contribution is 5.10. The molecule has 2 N–H and O–H groups in total. The molecule has 1 aliphatic heterocycles. The third-order valence-electron chi connectivity index (χ3n) is 2.83. The smallest absolute Gasteiger partial charge is 0.0912 e. The van der Waals surface area contributed by atoms with Gasteiger partial charge in [-0.2, -0.15) is 0 Å². The summed E-state index contributed by atoms with van der Waals surface area (Å²) in [7, 11) is 0. The van der Waals surface area contributed by atoms with Gasteiger partial charge in [0.05, 0.1) is 19.3 Å². The Balaban J connectivity index is 2.64. The van der Waals surface area contributed by atoms with Gasteiger partial charge >= 0.3 is 0 Å². The SMILES string of the molecule is CCC/C(=C\N(N)C1COC1)C(C)(C)C. The molecule has 1 aliphatic rings. The van der Waals surface area contributed by atoms with E-state index >= 15 is 0 Å². The molecule has 0 saturated carbocycles. The van der Waals surface area contributed by atoms with Gasteiger partial charge in [-0.3, -0.25) is 0 Å². The monoisotopic (exact) mass is 212 g/mol. The molecule has 0 aliphatic carbocycles. The Kier molecular flexibility index (Phi) is 4.17. The normalized spacial score (nSPS) is 18.9. The van der Waals surface area contributed by atoms with Crippen molar-refractivity contribution >= 4 is 0 Å². The zero-order chi connectivity index (χ0) is 11.5. The number of nitrogens with zero attached hydrogens (tertiary/aromatic N) is 1. The predicted octanol–water partition coefficient (Wildman–Crippen LogP) is 2.29. The maximum atomic E-state index is 5.98. The fourth-order valence-corrected chi connectivity index (χ4v) is 1.58. The van der Waals surface area contributed by atoms with E-state index in [1.54, 1.807) is 0 Å². The van der Waals surface area contributed by atoms with Gasteiger partial charge in [0, 0.05) is 6.20 Å². The molecule has 1 heterocycles. The Morgan fingerprint density at radius 2 is 2.07 bits per heavy atom. The molecule has 1 rings (SSSR count). The molecule has 0 aromatic rings. The zero-order valence-electron chi connectivity index (χ0n) is 10.4. The summed E-state index contributed by atoms with van der Waals surface area (Å²) in [5.74, 6) is 5.98. The van der Waals surface area contributed by atoms with E-state index in [-0.39, 0.29) is 5.41 Å². The lowest BCUT2D eigenvalue weighted by atomic mass is 9.84. The van der Waals surface area contributed by atoms with Crippen molar-refractivity contribution in [3.63, 3.8) is 0 Å². The van der Waals surface area contributed by atoms with Crippen molar-refractivity contribution < 1.29 is 4.74 Å². The molecule has 15 heavy (non-hydrogen) atoms. The van der Waals surface area contributed by atoms with Crippen LogP contribution in [0.15, 0.2) is 11.8 Å². The summed E-state index contributed by atoms with van der Waals surface area (Å²) in [6, 6.07) is 0.374. The van der Waals surface area contributed by atoms with E-state index in [1.165, 1.54) is 5.57 Å². The summed E-state index contributed by atoms with van der Waals surface area (Å²) in [6.45, 7) is 10.4. The molecular weight excluding hydrogens is 188 g/mol. The summed E-state index contributed by atoms with van der Waals surface area (Å²) in [6.07, 6.45) is 4.39. The van der Waals surface area contributed by atoms with Crippen LogP contribution in [0, 0.1) is 5.41 Å². The minimum absolute atomic E-state index is 0.207. The molecular formula is C12H24N2O. The molecule has 1 fully saturated rings. The topological polar surface area (TPSA) is 38.5 Å². The van der Waals surface area contributed by atoms with E-state index in [0.717, 1.165) is 26.1 Å². The van der Waals surface area contributed by atoms with Gasteiger partial charge in [-0.25, -0.2) is 5.84 Å². The van der Waals surface area contributed by atoms with Crippen LogP contribution in [-0.4, -0.2) is 24.3 Å². The van der Waals surface area contributed by atoms with Gasteiger partial charge in [0.25, 0.3) is 0 Å². The molecule has 0 aromatic carbocycles. The highest BCUT2D eigenvalue weighted by Crippen LogP contribution is 2.29. The van der Waals surface area contributed by atoms with E-state index in [2.05, 4.69) is 33.9 Å². The van der Waals surface area contributed by atoms with Crippen LogP contribution in [-0.2, 0) is 4.74 Å². The van der Waals surface area contributed by atoms with E-state index in [4.69, 9.17) is 10.6 Å². The maximum Gasteiger partial charge on any atom is 0.0912 e. The number of rotatable bonds is 4. The van der Waals surface area contributed by atoms with Gasteiger partial charge in [0.15, 0.2) is 0 Å². The fourth-order valence-electron chi connectivity index (χ4n) is 1.58. The number of hydrogen-bond donors (Lipinski definition) is 1. The van der Waals surface area contributed by atoms with Gasteiger partial charge in [-0.05, 0) is 17.4 Å². The molecule has 3 heteroatoms. The second-order valence-electron chi connectivity index (χ2n) is 5.29. The van der Waals surface area contributed by atoms with Gasteiger partial charge in [-0.15, -0.1) is 0 Å². The molecule has 0 atom stereocenters. The van der Waals surface area contributed by atoms with Crippen molar-refractivity contribution in [2.75, 3.05) is 13.2 Å². The average Bonchev–Trinajstić information content (AvgIpc) is 1.98. The van der Waals surface area contributed by atoms with Crippen LogP contribution in [0.4, 0.5) is 0 Å². The van der Waals surface area contributed by atoms with E-state index in [1.807, 2.05) is 5.01 Å². The standard InChI is InChI=1S/C12H24N2O/c1-5-6-10(12(2,3)4)7-14(13)11-8-15-9-11/h7,11H,5-6,8-9,13H2,1-4H3/b10-7+. The second-order valence-corrected chi connectivity index (χ2v) is 5.29. The van der Waals surface area contributed by atoms with Crippen molar-refractivity contribution in [1.29, 1.82) is 0 Å². The van der Waals surface area contributed by atoms with Crippen molar-refractivity contribution in [3.05, 3.63) is 11.8 Å². The minimum atomic E-state index is 0.207. The molecule has 0 radical (unpaired) electrons. The first kappa shape index (κ1) is 12.5. The quantitative estimate of drug-likeness (QED) is 0.574. The summed E-state index contributed by atoms with van der Waals surface area (Å²) in [4.78, 5) is 0. The third-order valence-corrected chi connectivity index (χ3v) is 2.83. The number of allylic oxidation sites excluding steroid dienone is 1. The van der Waals surface area contributed by atoms with E-state index in [0.29, 0.717) is 6.04 Å². The Hall–Kier alpha value is -0.540. The summed E-state index contributed by atoms with van der Waals surface area (Å²) >= 11 is 0. The van der Waals surface area contributed by atoms with Gasteiger partial charge < -0.3 is 9.75 Å². The number of hydrazine groups is 1. The summed E-state index contributed by atoms with van der Waals surface area (Å²) < 4.78 is 5.13. The lowest BCUT2D eigenvalue weighted by Gasteiger charge is -2.35.